The number of aliphatic hydroxyl groups excluding tert-OH is 1. The maximum Gasteiger partial charge on any atom is 0.0750 e. The Morgan fingerprint density at radius 2 is 2.36 bits per heavy atom. The van der Waals surface area contributed by atoms with Gasteiger partial charge in [0.2, 0.25) is 0 Å². The lowest BCUT2D eigenvalue weighted by molar-refractivity contribution is 0.217. The van der Waals surface area contributed by atoms with E-state index in [9.17, 15) is 5.11 Å². The average Bonchev–Trinajstić information content (AvgIpc) is 2.31. The van der Waals surface area contributed by atoms with E-state index in [-0.39, 0.29) is 6.10 Å². The Labute approximate surface area is 69.1 Å². The summed E-state index contributed by atoms with van der Waals surface area (Å²) in [6.07, 6.45) is 6.49. The van der Waals surface area contributed by atoms with E-state index < -0.39 is 0 Å². The summed E-state index contributed by atoms with van der Waals surface area (Å²) in [6, 6.07) is 0. The Balaban J connectivity index is 2.39. The molecule has 1 heteroatoms. The minimum absolute atomic E-state index is 0.117. The first-order chi connectivity index (χ1) is 5.20. The molecule has 0 aromatic heterocycles. The van der Waals surface area contributed by atoms with Gasteiger partial charge in [-0.25, -0.2) is 0 Å². The van der Waals surface area contributed by atoms with Gasteiger partial charge in [0.15, 0.2) is 0 Å². The molecule has 0 radical (unpaired) electrons. The van der Waals surface area contributed by atoms with Crippen LogP contribution in [-0.4, -0.2) is 11.2 Å². The minimum atomic E-state index is -0.117. The second-order valence-electron chi connectivity index (χ2n) is 3.82. The molecule has 0 aliphatic heterocycles. The fourth-order valence-electron chi connectivity index (χ4n) is 1.48. The molecule has 1 aliphatic carbocycles. The third kappa shape index (κ3) is 2.66. The molecule has 0 saturated heterocycles. The monoisotopic (exact) mass is 154 g/mol. The maximum atomic E-state index is 9.43. The first kappa shape index (κ1) is 8.79. The van der Waals surface area contributed by atoms with Crippen LogP contribution in [-0.2, 0) is 0 Å². The molecule has 1 N–H and O–H groups in total. The molecule has 1 fully saturated rings. The molecule has 1 saturated carbocycles. The topological polar surface area (TPSA) is 20.2 Å². The van der Waals surface area contributed by atoms with Crippen LogP contribution in [0.15, 0.2) is 11.6 Å². The van der Waals surface area contributed by atoms with Gasteiger partial charge >= 0.3 is 0 Å². The van der Waals surface area contributed by atoms with Gasteiger partial charge in [-0.1, -0.05) is 19.9 Å². The number of allylic oxidation sites excluding steroid dienone is 1. The van der Waals surface area contributed by atoms with Crippen LogP contribution in [0, 0.1) is 5.92 Å². The highest BCUT2D eigenvalue weighted by Crippen LogP contribution is 2.25. The fourth-order valence-corrected chi connectivity index (χ4v) is 1.48. The van der Waals surface area contributed by atoms with Crippen LogP contribution in [0.1, 0.15) is 39.5 Å². The number of hydrogen-bond donors (Lipinski definition) is 1. The predicted molar refractivity (Wildman–Crippen MR) is 47.4 cm³/mol. The fraction of sp³-hybridized carbons (Fsp3) is 0.800. The third-order valence-electron chi connectivity index (χ3n) is 2.22. The molecule has 1 unspecified atom stereocenters. The summed E-state index contributed by atoms with van der Waals surface area (Å²) in [6.45, 7) is 4.41. The highest BCUT2D eigenvalue weighted by atomic mass is 16.3. The molecule has 64 valence electrons. The lowest BCUT2D eigenvalue weighted by Crippen LogP contribution is -2.01. The summed E-state index contributed by atoms with van der Waals surface area (Å²) < 4.78 is 0. The van der Waals surface area contributed by atoms with Gasteiger partial charge in [0.25, 0.3) is 0 Å². The lowest BCUT2D eigenvalue weighted by atomic mass is 10.1. The van der Waals surface area contributed by atoms with Gasteiger partial charge in [0, 0.05) is 0 Å². The summed E-state index contributed by atoms with van der Waals surface area (Å²) in [4.78, 5) is 0. The average molecular weight is 154 g/mol. The third-order valence-corrected chi connectivity index (χ3v) is 2.22. The second-order valence-corrected chi connectivity index (χ2v) is 3.82. The van der Waals surface area contributed by atoms with Crippen molar-refractivity contribution in [3.05, 3.63) is 11.6 Å². The van der Waals surface area contributed by atoms with E-state index in [1.165, 1.54) is 12.0 Å². The van der Waals surface area contributed by atoms with Gasteiger partial charge in [0.05, 0.1) is 6.10 Å². The Kier molecular flexibility index (Phi) is 3.13. The quantitative estimate of drug-likeness (QED) is 0.606. The van der Waals surface area contributed by atoms with Gasteiger partial charge in [-0.2, -0.15) is 0 Å². The number of aliphatic hydroxyl groups is 1. The molecule has 0 amide bonds. The Hall–Kier alpha value is -0.300. The van der Waals surface area contributed by atoms with Crippen molar-refractivity contribution in [3.8, 4) is 0 Å². The molecular formula is C10H18O. The van der Waals surface area contributed by atoms with Crippen molar-refractivity contribution in [1.29, 1.82) is 0 Å². The zero-order valence-electron chi connectivity index (χ0n) is 7.51. The van der Waals surface area contributed by atoms with E-state index >= 15 is 0 Å². The smallest absolute Gasteiger partial charge is 0.0750 e. The molecular weight excluding hydrogens is 136 g/mol. The number of rotatable bonds is 2. The molecule has 1 aliphatic rings. The van der Waals surface area contributed by atoms with Crippen molar-refractivity contribution in [2.24, 2.45) is 5.92 Å². The van der Waals surface area contributed by atoms with Crippen molar-refractivity contribution in [1.82, 2.24) is 0 Å². The lowest BCUT2D eigenvalue weighted by Gasteiger charge is -2.04. The van der Waals surface area contributed by atoms with Crippen molar-refractivity contribution < 1.29 is 5.11 Å². The molecule has 0 spiro atoms. The highest BCUT2D eigenvalue weighted by Gasteiger charge is 2.16. The van der Waals surface area contributed by atoms with Gasteiger partial charge in [-0.15, -0.1) is 0 Å². The van der Waals surface area contributed by atoms with Gasteiger partial charge in [0.1, 0.15) is 0 Å². The van der Waals surface area contributed by atoms with Crippen LogP contribution in [0.25, 0.3) is 0 Å². The molecule has 0 aromatic rings. The molecule has 0 aromatic carbocycles. The standard InChI is InChI=1S/C10H18O/c1-8(2)6-7-9-4-3-5-10(9)11/h7-8,10-11H,3-6H2,1-2H3/b9-7+. The molecule has 0 bridgehead atoms. The molecule has 0 heterocycles. The zero-order chi connectivity index (χ0) is 8.27. The first-order valence-electron chi connectivity index (χ1n) is 4.57. The minimum Gasteiger partial charge on any atom is -0.389 e. The Morgan fingerprint density at radius 3 is 2.82 bits per heavy atom. The molecule has 1 nitrogen and oxygen atoms in total. The SMILES string of the molecule is CC(C)C/C=C1\CCCC1O. The maximum absolute atomic E-state index is 9.43. The zero-order valence-corrected chi connectivity index (χ0v) is 7.51. The van der Waals surface area contributed by atoms with Crippen LogP contribution in [0.4, 0.5) is 0 Å². The van der Waals surface area contributed by atoms with Crippen LogP contribution in [0.2, 0.25) is 0 Å². The van der Waals surface area contributed by atoms with E-state index in [1.54, 1.807) is 0 Å². The predicted octanol–water partition coefficient (Wildman–Crippen LogP) is 2.50. The summed E-state index contributed by atoms with van der Waals surface area (Å²) in [5, 5.41) is 9.43. The highest BCUT2D eigenvalue weighted by molar-refractivity contribution is 5.12. The van der Waals surface area contributed by atoms with Crippen molar-refractivity contribution in [2.75, 3.05) is 0 Å². The van der Waals surface area contributed by atoms with E-state index in [4.69, 9.17) is 0 Å². The van der Waals surface area contributed by atoms with Crippen molar-refractivity contribution >= 4 is 0 Å². The first-order valence-corrected chi connectivity index (χ1v) is 4.57. The van der Waals surface area contributed by atoms with Crippen LogP contribution >= 0.6 is 0 Å². The summed E-state index contributed by atoms with van der Waals surface area (Å²) in [5.74, 6) is 0.718. The summed E-state index contributed by atoms with van der Waals surface area (Å²) >= 11 is 0. The van der Waals surface area contributed by atoms with Crippen LogP contribution < -0.4 is 0 Å². The number of hydrogen-bond acceptors (Lipinski definition) is 1. The Morgan fingerprint density at radius 1 is 1.64 bits per heavy atom. The summed E-state index contributed by atoms with van der Waals surface area (Å²) in [7, 11) is 0. The van der Waals surface area contributed by atoms with Crippen LogP contribution in [0.5, 0.6) is 0 Å². The van der Waals surface area contributed by atoms with E-state index in [1.807, 2.05) is 0 Å². The molecule has 11 heavy (non-hydrogen) atoms. The van der Waals surface area contributed by atoms with E-state index in [0.717, 1.165) is 25.2 Å². The van der Waals surface area contributed by atoms with Gasteiger partial charge in [-0.3, -0.25) is 0 Å². The van der Waals surface area contributed by atoms with Crippen molar-refractivity contribution in [3.63, 3.8) is 0 Å². The largest absolute Gasteiger partial charge is 0.389 e. The van der Waals surface area contributed by atoms with Gasteiger partial charge in [-0.05, 0) is 37.2 Å². The van der Waals surface area contributed by atoms with Crippen molar-refractivity contribution in [2.45, 2.75) is 45.6 Å². The van der Waals surface area contributed by atoms with E-state index in [2.05, 4.69) is 19.9 Å². The summed E-state index contributed by atoms with van der Waals surface area (Å²) in [5.41, 5.74) is 1.28. The van der Waals surface area contributed by atoms with Gasteiger partial charge < -0.3 is 5.11 Å². The molecule has 1 rings (SSSR count). The Bertz CT molecular complexity index is 147. The molecule has 1 atom stereocenters. The van der Waals surface area contributed by atoms with E-state index in [0.29, 0.717) is 0 Å². The van der Waals surface area contributed by atoms with Crippen LogP contribution in [0.3, 0.4) is 0 Å². The normalized spacial score (nSPS) is 28.7. The second kappa shape index (κ2) is 3.91.